The molecule has 2 fully saturated rings. The second-order valence-electron chi connectivity index (χ2n) is 10.2. The van der Waals surface area contributed by atoms with Crippen molar-refractivity contribution in [3.05, 3.63) is 29.1 Å². The summed E-state index contributed by atoms with van der Waals surface area (Å²) in [5.41, 5.74) is 0. The Morgan fingerprint density at radius 1 is 0.804 bits per heavy atom. The fraction of sp³-hybridized carbons (Fsp3) is 0.692. The molecule has 46 heavy (non-hydrogen) atoms. The van der Waals surface area contributed by atoms with Crippen LogP contribution in [0.4, 0.5) is 22.0 Å². The van der Waals surface area contributed by atoms with E-state index in [1.807, 2.05) is 0 Å². The van der Waals surface area contributed by atoms with E-state index in [2.05, 4.69) is 10.1 Å². The fourth-order valence-corrected chi connectivity index (χ4v) is 5.39. The van der Waals surface area contributed by atoms with Gasteiger partial charge in [0.15, 0.2) is 12.6 Å². The molecular weight excluding hydrogens is 661 g/mol. The minimum Gasteiger partial charge on any atom is -0.420 e. The molecule has 0 radical (unpaired) electrons. The molecule has 1 aromatic carbocycles. The van der Waals surface area contributed by atoms with Crippen LogP contribution in [-0.4, -0.2) is 135 Å². The van der Waals surface area contributed by atoms with Gasteiger partial charge in [0.05, 0.1) is 26.2 Å². The Balaban J connectivity index is 1.54. The summed E-state index contributed by atoms with van der Waals surface area (Å²) in [5, 5.41) is 63.0. The summed E-state index contributed by atoms with van der Waals surface area (Å²) in [4.78, 5) is 23.9. The van der Waals surface area contributed by atoms with Crippen molar-refractivity contribution in [2.24, 2.45) is 0 Å². The maximum Gasteiger partial charge on any atom is 0.312 e. The Labute approximate surface area is 262 Å². The van der Waals surface area contributed by atoms with Gasteiger partial charge in [0.25, 0.3) is 0 Å². The first-order valence-electron chi connectivity index (χ1n) is 13.8. The second-order valence-corrected chi connectivity index (χ2v) is 11.4. The van der Waals surface area contributed by atoms with Crippen LogP contribution in [0.3, 0.4) is 0 Å². The van der Waals surface area contributed by atoms with E-state index in [4.69, 9.17) is 18.9 Å². The van der Waals surface area contributed by atoms with Crippen molar-refractivity contribution in [1.29, 1.82) is 0 Å². The second kappa shape index (κ2) is 17.2. The van der Waals surface area contributed by atoms with Crippen LogP contribution in [0.2, 0.25) is 0 Å². The van der Waals surface area contributed by atoms with Crippen LogP contribution in [0.1, 0.15) is 19.8 Å². The third-order valence-electron chi connectivity index (χ3n) is 6.91. The topological polar surface area (TPSA) is 214 Å². The van der Waals surface area contributed by atoms with Gasteiger partial charge in [-0.1, -0.05) is 0 Å². The molecule has 2 aliphatic rings. The van der Waals surface area contributed by atoms with Crippen LogP contribution < -0.4 is 10.1 Å². The van der Waals surface area contributed by atoms with E-state index in [-0.39, 0.29) is 18.8 Å². The van der Waals surface area contributed by atoms with Gasteiger partial charge < -0.3 is 59.6 Å². The van der Waals surface area contributed by atoms with Crippen molar-refractivity contribution in [2.75, 3.05) is 31.3 Å². The average Bonchev–Trinajstić information content (AvgIpc) is 3.02. The molecule has 0 spiro atoms. The standard InChI is InChI=1S/C26H34F5NO13S/c1-9(35)32-18-24(45-26-22(40)21(39)19(37)10(7-33)43-26)20(38)11(8-34)42-25(18)41-4-2-5-46-6-3-12(36)44-23-16(30)14(28)13(27)15(29)17(23)31/h10-11,18-22,24-26,33-34,37-40H,2-8H2,1H3,(H,32,35). The number of nitrogens with one attached hydrogen (secondary N) is 1. The monoisotopic (exact) mass is 695 g/mol. The molecule has 10 unspecified atom stereocenters. The van der Waals surface area contributed by atoms with E-state index in [1.54, 1.807) is 0 Å². The fourth-order valence-electron chi connectivity index (χ4n) is 4.55. The number of hydrogen-bond donors (Lipinski definition) is 7. The summed E-state index contributed by atoms with van der Waals surface area (Å²) < 4.78 is 93.8. The van der Waals surface area contributed by atoms with Crippen molar-refractivity contribution in [2.45, 2.75) is 81.1 Å². The molecule has 1 aromatic rings. The van der Waals surface area contributed by atoms with Crippen molar-refractivity contribution >= 4 is 23.6 Å². The Morgan fingerprint density at radius 2 is 1.37 bits per heavy atom. The van der Waals surface area contributed by atoms with E-state index in [1.165, 1.54) is 0 Å². The number of hydrogen-bond acceptors (Lipinski definition) is 14. The lowest BCUT2D eigenvalue weighted by Gasteiger charge is -2.47. The molecule has 262 valence electrons. The Kier molecular flexibility index (Phi) is 14.3. The van der Waals surface area contributed by atoms with Gasteiger partial charge in [-0.05, 0) is 12.2 Å². The molecule has 0 aliphatic carbocycles. The van der Waals surface area contributed by atoms with Crippen molar-refractivity contribution < 1.29 is 85.9 Å². The maximum absolute atomic E-state index is 13.7. The lowest BCUT2D eigenvalue weighted by molar-refractivity contribution is -0.344. The van der Waals surface area contributed by atoms with Crippen LogP contribution in [0.25, 0.3) is 0 Å². The molecule has 0 saturated carbocycles. The summed E-state index contributed by atoms with van der Waals surface area (Å²) in [6, 6.07) is -1.27. The van der Waals surface area contributed by atoms with Gasteiger partial charge in [0, 0.05) is 12.7 Å². The molecule has 1 amide bonds. The highest BCUT2D eigenvalue weighted by Gasteiger charge is 2.51. The summed E-state index contributed by atoms with van der Waals surface area (Å²) >= 11 is 1.14. The van der Waals surface area contributed by atoms with Gasteiger partial charge in [-0.15, -0.1) is 0 Å². The number of carbonyl (C=O) groups is 2. The molecule has 0 bridgehead atoms. The predicted molar refractivity (Wildman–Crippen MR) is 142 cm³/mol. The Hall–Kier alpha value is -2.24. The van der Waals surface area contributed by atoms with Crippen LogP contribution in [0, 0.1) is 29.1 Å². The molecule has 7 N–H and O–H groups in total. The first kappa shape index (κ1) is 38.2. The smallest absolute Gasteiger partial charge is 0.312 e. The molecular formula is C26H34F5NO13S. The predicted octanol–water partition coefficient (Wildman–Crippen LogP) is -1.41. The van der Waals surface area contributed by atoms with Crippen LogP contribution in [0.15, 0.2) is 0 Å². The highest BCUT2D eigenvalue weighted by molar-refractivity contribution is 7.99. The number of thioether (sulfide) groups is 1. The van der Waals surface area contributed by atoms with E-state index >= 15 is 0 Å². The van der Waals surface area contributed by atoms with Crippen LogP contribution >= 0.6 is 11.8 Å². The Bertz CT molecular complexity index is 1170. The lowest BCUT2D eigenvalue weighted by atomic mass is 9.95. The van der Waals surface area contributed by atoms with Gasteiger partial charge in [0.2, 0.25) is 40.7 Å². The van der Waals surface area contributed by atoms with E-state index in [0.29, 0.717) is 5.75 Å². The molecule has 14 nitrogen and oxygen atoms in total. The summed E-state index contributed by atoms with van der Waals surface area (Å²) in [6.45, 7) is -0.422. The van der Waals surface area contributed by atoms with Gasteiger partial charge in [-0.2, -0.15) is 20.5 Å². The minimum absolute atomic E-state index is 0.0243. The van der Waals surface area contributed by atoms with E-state index < -0.39 is 128 Å². The van der Waals surface area contributed by atoms with Gasteiger partial charge in [-0.25, -0.2) is 13.2 Å². The van der Waals surface area contributed by atoms with Crippen molar-refractivity contribution in [3.8, 4) is 5.75 Å². The number of carbonyl (C=O) groups excluding carboxylic acids is 2. The highest BCUT2D eigenvalue weighted by atomic mass is 32.2. The summed E-state index contributed by atoms with van der Waals surface area (Å²) in [6.07, 6.45) is -14.3. The molecule has 0 aromatic heterocycles. The van der Waals surface area contributed by atoms with Crippen molar-refractivity contribution in [3.63, 3.8) is 0 Å². The quantitative estimate of drug-likeness (QED) is 0.0298. The number of rotatable bonds is 14. The van der Waals surface area contributed by atoms with Gasteiger partial charge in [0.1, 0.15) is 48.8 Å². The molecule has 20 heteroatoms. The molecule has 10 atom stereocenters. The lowest BCUT2D eigenvalue weighted by Crippen LogP contribution is -2.68. The largest absolute Gasteiger partial charge is 0.420 e. The molecule has 2 aliphatic heterocycles. The first-order chi connectivity index (χ1) is 21.7. The van der Waals surface area contributed by atoms with Gasteiger partial charge in [-0.3, -0.25) is 9.59 Å². The van der Waals surface area contributed by atoms with Crippen LogP contribution in [0.5, 0.6) is 5.75 Å². The molecule has 2 heterocycles. The van der Waals surface area contributed by atoms with Gasteiger partial charge >= 0.3 is 5.97 Å². The number of benzene rings is 1. The third-order valence-corrected chi connectivity index (χ3v) is 7.98. The van der Waals surface area contributed by atoms with E-state index in [0.717, 1.165) is 18.7 Å². The summed E-state index contributed by atoms with van der Waals surface area (Å²) in [7, 11) is 0. The number of esters is 1. The highest BCUT2D eigenvalue weighted by Crippen LogP contribution is 2.31. The van der Waals surface area contributed by atoms with E-state index in [9.17, 15) is 62.2 Å². The minimum atomic E-state index is -2.39. The SMILES string of the molecule is CC(=O)NC1C(OCCCSCCC(=O)Oc2c(F)c(F)c(F)c(F)c2F)OC(CO)C(O)C1OC1OC(CO)C(O)C(O)C1O. The zero-order valence-corrected chi connectivity index (χ0v) is 24.9. The average molecular weight is 696 g/mol. The van der Waals surface area contributed by atoms with Crippen LogP contribution in [-0.2, 0) is 28.5 Å². The number of ether oxygens (including phenoxy) is 5. The number of halogens is 5. The molecule has 3 rings (SSSR count). The van der Waals surface area contributed by atoms with Crippen molar-refractivity contribution in [1.82, 2.24) is 5.32 Å². The number of aliphatic hydroxyl groups is 6. The normalized spacial score (nSPS) is 31.5. The Morgan fingerprint density at radius 3 is 1.96 bits per heavy atom. The number of amides is 1. The summed E-state index contributed by atoms with van der Waals surface area (Å²) in [5.74, 6) is -14.7. The zero-order valence-electron chi connectivity index (χ0n) is 24.1. The molecule has 2 saturated heterocycles. The third kappa shape index (κ3) is 9.01. The number of aliphatic hydroxyl groups excluding tert-OH is 6. The zero-order chi connectivity index (χ0) is 34.3. The maximum atomic E-state index is 13.7. The first-order valence-corrected chi connectivity index (χ1v) is 15.0.